The van der Waals surface area contributed by atoms with Gasteiger partial charge in [-0.1, -0.05) is 29.8 Å². The third kappa shape index (κ3) is 4.64. The van der Waals surface area contributed by atoms with E-state index in [0.29, 0.717) is 24.3 Å². The van der Waals surface area contributed by atoms with Gasteiger partial charge in [0.25, 0.3) is 0 Å². The second kappa shape index (κ2) is 7.25. The lowest BCUT2D eigenvalue weighted by Crippen LogP contribution is -2.08. The highest BCUT2D eigenvalue weighted by Gasteiger charge is 2.05. The normalized spacial score (nSPS) is 10.1. The molecule has 0 heterocycles. The molecule has 88 valence electrons. The second-order valence-electron chi connectivity index (χ2n) is 3.39. The third-order valence-electron chi connectivity index (χ3n) is 2.12. The van der Waals surface area contributed by atoms with E-state index >= 15 is 0 Å². The smallest absolute Gasteiger partial charge is 0.306 e. The van der Waals surface area contributed by atoms with Crippen molar-refractivity contribution >= 4 is 17.6 Å². The number of carbonyl (C=O) groups excluding carboxylic acids is 1. The summed E-state index contributed by atoms with van der Waals surface area (Å²) in [5.74, 6) is -0.256. The van der Waals surface area contributed by atoms with Crippen molar-refractivity contribution in [1.82, 2.24) is 0 Å². The van der Waals surface area contributed by atoms with Crippen LogP contribution in [0.2, 0.25) is 5.02 Å². The molecule has 1 rings (SSSR count). The first-order valence-electron chi connectivity index (χ1n) is 5.24. The van der Waals surface area contributed by atoms with Crippen LogP contribution >= 0.6 is 11.6 Å². The van der Waals surface area contributed by atoms with Crippen LogP contribution in [0.25, 0.3) is 0 Å². The number of ether oxygens (including phenoxy) is 1. The molecule has 3 nitrogen and oxygen atoms in total. The number of halogens is 1. The topological polar surface area (TPSA) is 46.5 Å². The molecule has 1 aromatic carbocycles. The third-order valence-corrected chi connectivity index (χ3v) is 2.49. The molecular weight excluding hydrogens is 228 g/mol. The van der Waals surface area contributed by atoms with E-state index in [4.69, 9.17) is 21.4 Å². The van der Waals surface area contributed by atoms with Crippen LogP contribution in [0.15, 0.2) is 24.3 Å². The summed E-state index contributed by atoms with van der Waals surface area (Å²) in [5, 5.41) is 9.19. The van der Waals surface area contributed by atoms with Gasteiger partial charge in [-0.3, -0.25) is 4.79 Å². The van der Waals surface area contributed by atoms with Crippen molar-refractivity contribution < 1.29 is 14.6 Å². The van der Waals surface area contributed by atoms with Crippen LogP contribution in [0.5, 0.6) is 0 Å². The Hall–Kier alpha value is -1.06. The molecule has 0 radical (unpaired) electrons. The van der Waals surface area contributed by atoms with Crippen LogP contribution in [0.1, 0.15) is 18.4 Å². The summed E-state index contributed by atoms with van der Waals surface area (Å²) in [4.78, 5) is 11.3. The average Bonchev–Trinajstić information content (AvgIpc) is 2.28. The molecule has 0 atom stereocenters. The minimum absolute atomic E-state index is 0.0395. The lowest BCUT2D eigenvalue weighted by atomic mass is 10.1. The fraction of sp³-hybridized carbons (Fsp3) is 0.417. The SMILES string of the molecule is O=C(CCc1ccccc1Cl)OCCCO. The first-order chi connectivity index (χ1) is 7.74. The van der Waals surface area contributed by atoms with Crippen molar-refractivity contribution in [3.8, 4) is 0 Å². The summed E-state index contributed by atoms with van der Waals surface area (Å²) in [5.41, 5.74) is 0.947. The highest BCUT2D eigenvalue weighted by molar-refractivity contribution is 6.31. The molecule has 0 unspecified atom stereocenters. The summed E-state index contributed by atoms with van der Waals surface area (Å²) < 4.78 is 4.90. The Bertz CT molecular complexity index is 339. The largest absolute Gasteiger partial charge is 0.466 e. The van der Waals surface area contributed by atoms with Gasteiger partial charge in [-0.25, -0.2) is 0 Å². The molecule has 0 aromatic heterocycles. The van der Waals surface area contributed by atoms with Crippen molar-refractivity contribution in [3.05, 3.63) is 34.9 Å². The summed E-state index contributed by atoms with van der Waals surface area (Å²) in [6, 6.07) is 7.43. The number of aryl methyl sites for hydroxylation is 1. The highest BCUT2D eigenvalue weighted by Crippen LogP contribution is 2.16. The van der Waals surface area contributed by atoms with Gasteiger partial charge in [-0.05, 0) is 18.1 Å². The molecule has 0 saturated carbocycles. The van der Waals surface area contributed by atoms with Gasteiger partial charge in [0.15, 0.2) is 0 Å². The standard InChI is InChI=1S/C12H15ClO3/c13-11-5-2-1-4-10(11)6-7-12(15)16-9-3-8-14/h1-2,4-5,14H,3,6-9H2. The van der Waals surface area contributed by atoms with Gasteiger partial charge < -0.3 is 9.84 Å². The maximum absolute atomic E-state index is 11.3. The van der Waals surface area contributed by atoms with Crippen molar-refractivity contribution in [1.29, 1.82) is 0 Å². The molecule has 0 aliphatic heterocycles. The Kier molecular flexibility index (Phi) is 5.90. The number of carbonyl (C=O) groups is 1. The molecule has 4 heteroatoms. The van der Waals surface area contributed by atoms with Gasteiger partial charge in [-0.15, -0.1) is 0 Å². The monoisotopic (exact) mass is 242 g/mol. The number of rotatable bonds is 6. The van der Waals surface area contributed by atoms with Crippen LogP contribution in [-0.2, 0) is 16.0 Å². The zero-order valence-corrected chi connectivity index (χ0v) is 9.74. The maximum Gasteiger partial charge on any atom is 0.306 e. The van der Waals surface area contributed by atoms with E-state index in [1.165, 1.54) is 0 Å². The van der Waals surface area contributed by atoms with Gasteiger partial charge >= 0.3 is 5.97 Å². The molecule has 0 spiro atoms. The number of benzene rings is 1. The number of hydrogen-bond acceptors (Lipinski definition) is 3. The lowest BCUT2D eigenvalue weighted by Gasteiger charge is -2.05. The van der Waals surface area contributed by atoms with Gasteiger partial charge in [0.1, 0.15) is 0 Å². The zero-order valence-electron chi connectivity index (χ0n) is 8.99. The molecule has 0 fully saturated rings. The maximum atomic E-state index is 11.3. The molecule has 0 aliphatic rings. The Morgan fingerprint density at radius 2 is 2.12 bits per heavy atom. The number of aliphatic hydroxyl groups excluding tert-OH is 1. The molecule has 0 aliphatic carbocycles. The van der Waals surface area contributed by atoms with Gasteiger partial charge in [-0.2, -0.15) is 0 Å². The zero-order chi connectivity index (χ0) is 11.8. The van der Waals surface area contributed by atoms with Crippen LogP contribution in [0.4, 0.5) is 0 Å². The predicted molar refractivity (Wildman–Crippen MR) is 62.4 cm³/mol. The minimum atomic E-state index is -0.256. The fourth-order valence-corrected chi connectivity index (χ4v) is 1.49. The fourth-order valence-electron chi connectivity index (χ4n) is 1.26. The Morgan fingerprint density at radius 3 is 2.81 bits per heavy atom. The minimum Gasteiger partial charge on any atom is -0.466 e. The Morgan fingerprint density at radius 1 is 1.38 bits per heavy atom. The van der Waals surface area contributed by atoms with Crippen LogP contribution in [-0.4, -0.2) is 24.3 Å². The van der Waals surface area contributed by atoms with E-state index < -0.39 is 0 Å². The molecular formula is C12H15ClO3. The number of hydrogen-bond donors (Lipinski definition) is 1. The number of aliphatic hydroxyl groups is 1. The predicted octanol–water partition coefficient (Wildman–Crippen LogP) is 2.20. The van der Waals surface area contributed by atoms with Crippen LogP contribution < -0.4 is 0 Å². The summed E-state index contributed by atoms with van der Waals surface area (Å²) >= 11 is 5.95. The van der Waals surface area contributed by atoms with E-state index in [1.54, 1.807) is 6.07 Å². The number of esters is 1. The van der Waals surface area contributed by atoms with E-state index in [9.17, 15) is 4.79 Å². The quantitative estimate of drug-likeness (QED) is 0.615. The van der Waals surface area contributed by atoms with E-state index in [-0.39, 0.29) is 19.2 Å². The molecule has 1 aromatic rings. The Labute approximate surface area is 100.0 Å². The molecule has 1 N–H and O–H groups in total. The molecule has 16 heavy (non-hydrogen) atoms. The highest BCUT2D eigenvalue weighted by atomic mass is 35.5. The first kappa shape index (κ1) is 13.0. The summed E-state index contributed by atoms with van der Waals surface area (Å²) in [7, 11) is 0. The average molecular weight is 243 g/mol. The van der Waals surface area contributed by atoms with E-state index in [1.807, 2.05) is 18.2 Å². The molecule has 0 amide bonds. The van der Waals surface area contributed by atoms with Crippen molar-refractivity contribution in [2.45, 2.75) is 19.3 Å². The lowest BCUT2D eigenvalue weighted by molar-refractivity contribution is -0.143. The Balaban J connectivity index is 2.29. The summed E-state index contributed by atoms with van der Waals surface area (Å²) in [6.45, 7) is 0.315. The van der Waals surface area contributed by atoms with E-state index in [2.05, 4.69) is 0 Å². The van der Waals surface area contributed by atoms with E-state index in [0.717, 1.165) is 5.56 Å². The van der Waals surface area contributed by atoms with Crippen molar-refractivity contribution in [2.75, 3.05) is 13.2 Å². The molecule has 0 bridgehead atoms. The van der Waals surface area contributed by atoms with Crippen molar-refractivity contribution in [3.63, 3.8) is 0 Å². The second-order valence-corrected chi connectivity index (χ2v) is 3.80. The first-order valence-corrected chi connectivity index (χ1v) is 5.61. The molecule has 0 saturated heterocycles. The summed E-state index contributed by atoms with van der Waals surface area (Å²) in [6.07, 6.45) is 1.38. The van der Waals surface area contributed by atoms with Crippen LogP contribution in [0.3, 0.4) is 0 Å². The van der Waals surface area contributed by atoms with Gasteiger partial charge in [0, 0.05) is 24.5 Å². The van der Waals surface area contributed by atoms with Gasteiger partial charge in [0.2, 0.25) is 0 Å². The van der Waals surface area contributed by atoms with Crippen LogP contribution in [0, 0.1) is 0 Å². The van der Waals surface area contributed by atoms with Gasteiger partial charge in [0.05, 0.1) is 6.61 Å². The van der Waals surface area contributed by atoms with Crippen molar-refractivity contribution in [2.24, 2.45) is 0 Å².